The Balaban J connectivity index is 1.32. The molecule has 1 aliphatic heterocycles. The number of aryl methyl sites for hydroxylation is 1. The second-order valence-corrected chi connectivity index (χ2v) is 9.18. The van der Waals surface area contributed by atoms with Crippen LogP contribution in [-0.2, 0) is 11.2 Å². The molecule has 1 atom stereocenters. The van der Waals surface area contributed by atoms with E-state index in [1.807, 2.05) is 17.2 Å². The first-order valence-electron chi connectivity index (χ1n) is 11.2. The molecule has 0 spiro atoms. The summed E-state index contributed by atoms with van der Waals surface area (Å²) < 4.78 is 6.07. The van der Waals surface area contributed by atoms with Crippen LogP contribution in [0.5, 0.6) is 5.75 Å². The van der Waals surface area contributed by atoms with E-state index in [0.29, 0.717) is 0 Å². The second kappa shape index (κ2) is 9.38. The average molecular weight is 414 g/mol. The first kappa shape index (κ1) is 20.5. The van der Waals surface area contributed by atoms with Gasteiger partial charge in [-0.1, -0.05) is 38.2 Å². The van der Waals surface area contributed by atoms with Gasteiger partial charge in [0.25, 0.3) is 0 Å². The molecule has 1 saturated carbocycles. The second-order valence-electron chi connectivity index (χ2n) is 8.81. The number of carbonyl (C=O) groups excluding carboxylic acids is 1. The number of allylic oxidation sites excluding steroid dienone is 1. The maximum Gasteiger partial charge on any atom is 0.248 e. The highest BCUT2D eigenvalue weighted by atomic mass is 35.5. The standard InChI is InChI=1S/C25H32ClNO2/c1-18-21(17-27-14-13-24(27)25(26)28)10-9-20-16-22(11-12-23(18)20)29-15-5-8-19-6-3-2-4-7-19/h11-14,16,19,24H,2-10,15,17H2,1H3. The van der Waals surface area contributed by atoms with E-state index in [9.17, 15) is 4.79 Å². The van der Waals surface area contributed by atoms with Crippen LogP contribution in [0.25, 0.3) is 5.57 Å². The van der Waals surface area contributed by atoms with Crippen LogP contribution in [0.15, 0.2) is 36.0 Å². The van der Waals surface area contributed by atoms with Crippen molar-refractivity contribution in [2.24, 2.45) is 5.92 Å². The van der Waals surface area contributed by atoms with E-state index < -0.39 is 0 Å². The number of ether oxygens (including phenoxy) is 1. The van der Waals surface area contributed by atoms with Gasteiger partial charge in [0.05, 0.1) is 6.61 Å². The van der Waals surface area contributed by atoms with Crippen molar-refractivity contribution in [1.29, 1.82) is 0 Å². The van der Waals surface area contributed by atoms with E-state index in [2.05, 4.69) is 25.1 Å². The van der Waals surface area contributed by atoms with E-state index >= 15 is 0 Å². The molecule has 0 bridgehead atoms. The number of halogens is 1. The lowest BCUT2D eigenvalue weighted by Crippen LogP contribution is -2.42. The summed E-state index contributed by atoms with van der Waals surface area (Å²) >= 11 is 5.66. The van der Waals surface area contributed by atoms with Crippen molar-refractivity contribution >= 4 is 22.4 Å². The molecule has 4 rings (SSSR count). The number of benzene rings is 1. The molecule has 0 amide bonds. The third-order valence-corrected chi connectivity index (χ3v) is 7.10. The van der Waals surface area contributed by atoms with E-state index in [-0.39, 0.29) is 11.3 Å². The molecule has 29 heavy (non-hydrogen) atoms. The van der Waals surface area contributed by atoms with Crippen LogP contribution in [0.4, 0.5) is 0 Å². The molecule has 1 heterocycles. The molecule has 1 fully saturated rings. The van der Waals surface area contributed by atoms with Gasteiger partial charge >= 0.3 is 0 Å². The summed E-state index contributed by atoms with van der Waals surface area (Å²) in [4.78, 5) is 13.5. The fourth-order valence-electron chi connectivity index (χ4n) is 5.00. The number of hydrogen-bond donors (Lipinski definition) is 0. The number of hydrogen-bond acceptors (Lipinski definition) is 3. The summed E-state index contributed by atoms with van der Waals surface area (Å²) in [7, 11) is 0. The molecule has 2 aliphatic carbocycles. The molecule has 0 radical (unpaired) electrons. The molecular formula is C25H32ClNO2. The van der Waals surface area contributed by atoms with Crippen molar-refractivity contribution < 1.29 is 9.53 Å². The first-order valence-corrected chi connectivity index (χ1v) is 11.6. The fraction of sp³-hybridized carbons (Fsp3) is 0.560. The number of carbonyl (C=O) groups is 1. The lowest BCUT2D eigenvalue weighted by atomic mass is 9.85. The van der Waals surface area contributed by atoms with Gasteiger partial charge in [-0.3, -0.25) is 4.79 Å². The molecule has 4 heteroatoms. The zero-order valence-corrected chi connectivity index (χ0v) is 18.2. The number of nitrogens with zero attached hydrogens (tertiary/aromatic N) is 1. The van der Waals surface area contributed by atoms with Gasteiger partial charge in [-0.05, 0) is 96.8 Å². The summed E-state index contributed by atoms with van der Waals surface area (Å²) in [6, 6.07) is 6.28. The van der Waals surface area contributed by atoms with Gasteiger partial charge in [0, 0.05) is 6.54 Å². The zero-order valence-electron chi connectivity index (χ0n) is 17.5. The number of rotatable bonds is 8. The fourth-order valence-corrected chi connectivity index (χ4v) is 5.20. The summed E-state index contributed by atoms with van der Waals surface area (Å²) in [5.74, 6) is 1.93. The molecule has 0 N–H and O–H groups in total. The quantitative estimate of drug-likeness (QED) is 0.380. The summed E-state index contributed by atoms with van der Waals surface area (Å²) in [6.07, 6.45) is 15.4. The first-order chi connectivity index (χ1) is 14.1. The van der Waals surface area contributed by atoms with E-state index in [1.54, 1.807) is 0 Å². The highest BCUT2D eigenvalue weighted by molar-refractivity contribution is 6.65. The molecule has 1 unspecified atom stereocenters. The van der Waals surface area contributed by atoms with Crippen molar-refractivity contribution in [3.63, 3.8) is 0 Å². The SMILES string of the molecule is CC1=C(CN2C=CC2C(=O)Cl)CCc2cc(OCCCC3CCCCC3)ccc21. The Hall–Kier alpha value is -1.74. The van der Waals surface area contributed by atoms with Gasteiger partial charge in [-0.15, -0.1) is 0 Å². The molecule has 1 aromatic rings. The van der Waals surface area contributed by atoms with E-state index in [1.165, 1.54) is 60.8 Å². The van der Waals surface area contributed by atoms with Crippen LogP contribution in [0.2, 0.25) is 0 Å². The lowest BCUT2D eigenvalue weighted by molar-refractivity contribution is -0.115. The van der Waals surface area contributed by atoms with E-state index in [4.69, 9.17) is 16.3 Å². The third kappa shape index (κ3) is 4.88. The Labute approximate surface area is 179 Å². The van der Waals surface area contributed by atoms with Crippen LogP contribution >= 0.6 is 11.6 Å². The summed E-state index contributed by atoms with van der Waals surface area (Å²) in [6.45, 7) is 3.80. The average Bonchev–Trinajstić information content (AvgIpc) is 2.70. The molecular weight excluding hydrogens is 382 g/mol. The minimum Gasteiger partial charge on any atom is -0.494 e. The van der Waals surface area contributed by atoms with Gasteiger partial charge in [0.1, 0.15) is 11.8 Å². The zero-order chi connectivity index (χ0) is 20.2. The van der Waals surface area contributed by atoms with Gasteiger partial charge in [-0.2, -0.15) is 0 Å². The van der Waals surface area contributed by atoms with Gasteiger partial charge in [0.15, 0.2) is 0 Å². The number of fused-ring (bicyclic) bond motifs is 1. The van der Waals surface area contributed by atoms with Crippen molar-refractivity contribution in [2.75, 3.05) is 13.2 Å². The third-order valence-electron chi connectivity index (χ3n) is 6.88. The van der Waals surface area contributed by atoms with Crippen molar-refractivity contribution in [1.82, 2.24) is 4.90 Å². The van der Waals surface area contributed by atoms with E-state index in [0.717, 1.165) is 44.1 Å². The molecule has 0 aromatic heterocycles. The van der Waals surface area contributed by atoms with Crippen molar-refractivity contribution in [2.45, 2.75) is 70.8 Å². The molecule has 0 saturated heterocycles. The van der Waals surface area contributed by atoms with Crippen LogP contribution in [0, 0.1) is 5.92 Å². The van der Waals surface area contributed by atoms with Crippen LogP contribution in [0.1, 0.15) is 69.4 Å². The minimum atomic E-state index is -0.299. The van der Waals surface area contributed by atoms with Crippen molar-refractivity contribution in [3.8, 4) is 5.75 Å². The van der Waals surface area contributed by atoms with Gasteiger partial charge in [-0.25, -0.2) is 0 Å². The maximum atomic E-state index is 11.4. The molecule has 3 nitrogen and oxygen atoms in total. The smallest absolute Gasteiger partial charge is 0.248 e. The minimum absolute atomic E-state index is 0.261. The molecule has 1 aromatic carbocycles. The predicted molar refractivity (Wildman–Crippen MR) is 119 cm³/mol. The Morgan fingerprint density at radius 1 is 1.21 bits per heavy atom. The highest BCUT2D eigenvalue weighted by Gasteiger charge is 2.28. The van der Waals surface area contributed by atoms with Gasteiger partial charge in [0.2, 0.25) is 5.24 Å². The summed E-state index contributed by atoms with van der Waals surface area (Å²) in [5, 5.41) is -0.299. The molecule has 156 valence electrons. The van der Waals surface area contributed by atoms with Crippen LogP contribution in [-0.4, -0.2) is 29.3 Å². The van der Waals surface area contributed by atoms with Crippen LogP contribution < -0.4 is 4.74 Å². The van der Waals surface area contributed by atoms with Crippen LogP contribution in [0.3, 0.4) is 0 Å². The molecule has 3 aliphatic rings. The largest absolute Gasteiger partial charge is 0.494 e. The Morgan fingerprint density at radius 2 is 2.03 bits per heavy atom. The topological polar surface area (TPSA) is 29.5 Å². The van der Waals surface area contributed by atoms with Gasteiger partial charge < -0.3 is 9.64 Å². The lowest BCUT2D eigenvalue weighted by Gasteiger charge is -2.35. The normalized spacial score (nSPS) is 21.7. The summed E-state index contributed by atoms with van der Waals surface area (Å²) in [5.41, 5.74) is 5.42. The monoisotopic (exact) mass is 413 g/mol. The Kier molecular flexibility index (Phi) is 6.64. The highest BCUT2D eigenvalue weighted by Crippen LogP contribution is 2.35. The Morgan fingerprint density at radius 3 is 2.76 bits per heavy atom. The predicted octanol–water partition coefficient (Wildman–Crippen LogP) is 6.11. The maximum absolute atomic E-state index is 11.4. The Bertz CT molecular complexity index is 807. The van der Waals surface area contributed by atoms with Crippen molar-refractivity contribution in [3.05, 3.63) is 47.2 Å².